The lowest BCUT2D eigenvalue weighted by molar-refractivity contribution is -0.184. The lowest BCUT2D eigenvalue weighted by Gasteiger charge is -2.37. The molecule has 3 fully saturated rings. The molecular formula is C19H34O4. The van der Waals surface area contributed by atoms with Gasteiger partial charge in [-0.2, -0.15) is 0 Å². The van der Waals surface area contributed by atoms with Crippen LogP contribution < -0.4 is 0 Å². The minimum absolute atomic E-state index is 0.269. The van der Waals surface area contributed by atoms with Crippen LogP contribution in [0.15, 0.2) is 0 Å². The van der Waals surface area contributed by atoms with Crippen LogP contribution in [0.25, 0.3) is 0 Å². The fourth-order valence-electron chi connectivity index (χ4n) is 5.20. The zero-order valence-corrected chi connectivity index (χ0v) is 14.5. The van der Waals surface area contributed by atoms with E-state index < -0.39 is 12.4 Å². The number of ether oxygens (including phenoxy) is 2. The van der Waals surface area contributed by atoms with Gasteiger partial charge in [-0.05, 0) is 56.3 Å². The summed E-state index contributed by atoms with van der Waals surface area (Å²) in [4.78, 5) is 0. The van der Waals surface area contributed by atoms with Crippen LogP contribution in [0.5, 0.6) is 0 Å². The van der Waals surface area contributed by atoms with Crippen molar-refractivity contribution in [3.8, 4) is 0 Å². The third-order valence-corrected chi connectivity index (χ3v) is 6.66. The SMILES string of the molecule is COC(O)C(O)C1CCC(C2CCC(C3CCCCC3)CC2)O1. The Morgan fingerprint density at radius 3 is 2.04 bits per heavy atom. The molecule has 0 amide bonds. The van der Waals surface area contributed by atoms with Gasteiger partial charge in [-0.1, -0.05) is 32.1 Å². The minimum Gasteiger partial charge on any atom is -0.385 e. The summed E-state index contributed by atoms with van der Waals surface area (Å²) < 4.78 is 10.9. The normalized spacial score (nSPS) is 39.3. The van der Waals surface area contributed by atoms with Gasteiger partial charge < -0.3 is 19.7 Å². The molecule has 2 aliphatic carbocycles. The average Bonchev–Trinajstić information content (AvgIpc) is 3.11. The maximum Gasteiger partial charge on any atom is 0.183 e. The van der Waals surface area contributed by atoms with Crippen LogP contribution in [0, 0.1) is 17.8 Å². The van der Waals surface area contributed by atoms with E-state index in [-0.39, 0.29) is 12.2 Å². The molecule has 23 heavy (non-hydrogen) atoms. The molecule has 0 bridgehead atoms. The van der Waals surface area contributed by atoms with Gasteiger partial charge in [0.25, 0.3) is 0 Å². The van der Waals surface area contributed by atoms with Crippen LogP contribution >= 0.6 is 0 Å². The Bertz CT molecular complexity index is 347. The van der Waals surface area contributed by atoms with Gasteiger partial charge in [-0.15, -0.1) is 0 Å². The topological polar surface area (TPSA) is 58.9 Å². The summed E-state index contributed by atoms with van der Waals surface area (Å²) in [6.45, 7) is 0. The number of hydrogen-bond acceptors (Lipinski definition) is 4. The summed E-state index contributed by atoms with van der Waals surface area (Å²) in [5.41, 5.74) is 0. The Morgan fingerprint density at radius 1 is 0.783 bits per heavy atom. The minimum atomic E-state index is -1.14. The van der Waals surface area contributed by atoms with Crippen molar-refractivity contribution in [3.05, 3.63) is 0 Å². The molecule has 0 radical (unpaired) electrons. The Hall–Kier alpha value is -0.160. The molecular weight excluding hydrogens is 292 g/mol. The van der Waals surface area contributed by atoms with Crippen LogP contribution in [0.1, 0.15) is 70.6 Å². The first-order valence-electron chi connectivity index (χ1n) is 9.73. The quantitative estimate of drug-likeness (QED) is 0.762. The van der Waals surface area contributed by atoms with Crippen LogP contribution in [-0.4, -0.2) is 41.9 Å². The predicted octanol–water partition coefficient (Wildman–Crippen LogP) is 3.25. The molecule has 1 heterocycles. The lowest BCUT2D eigenvalue weighted by atomic mass is 9.70. The second-order valence-corrected chi connectivity index (χ2v) is 7.98. The summed E-state index contributed by atoms with van der Waals surface area (Å²) in [5.74, 6) is 2.58. The van der Waals surface area contributed by atoms with E-state index in [9.17, 15) is 10.2 Å². The highest BCUT2D eigenvalue weighted by Crippen LogP contribution is 2.43. The Morgan fingerprint density at radius 2 is 1.39 bits per heavy atom. The third-order valence-electron chi connectivity index (χ3n) is 6.66. The van der Waals surface area contributed by atoms with Crippen molar-refractivity contribution < 1.29 is 19.7 Å². The molecule has 4 heteroatoms. The number of rotatable bonds is 5. The van der Waals surface area contributed by atoms with E-state index in [1.165, 1.54) is 64.9 Å². The highest BCUT2D eigenvalue weighted by atomic mass is 16.6. The molecule has 1 aliphatic heterocycles. The van der Waals surface area contributed by atoms with E-state index >= 15 is 0 Å². The third kappa shape index (κ3) is 4.28. The first-order chi connectivity index (χ1) is 11.2. The average molecular weight is 326 g/mol. The molecule has 0 aromatic rings. The van der Waals surface area contributed by atoms with Gasteiger partial charge in [0.15, 0.2) is 6.29 Å². The summed E-state index contributed by atoms with van der Waals surface area (Å²) in [6.07, 6.45) is 12.3. The monoisotopic (exact) mass is 326 g/mol. The van der Waals surface area contributed by atoms with Crippen LogP contribution in [-0.2, 0) is 9.47 Å². The van der Waals surface area contributed by atoms with Gasteiger partial charge >= 0.3 is 0 Å². The molecule has 4 unspecified atom stereocenters. The van der Waals surface area contributed by atoms with E-state index in [0.29, 0.717) is 5.92 Å². The smallest absolute Gasteiger partial charge is 0.183 e. The molecule has 4 nitrogen and oxygen atoms in total. The fourth-order valence-corrected chi connectivity index (χ4v) is 5.20. The van der Waals surface area contributed by atoms with E-state index in [0.717, 1.165) is 24.7 Å². The number of aliphatic hydroxyl groups excluding tert-OH is 2. The molecule has 2 N–H and O–H groups in total. The van der Waals surface area contributed by atoms with Gasteiger partial charge in [-0.25, -0.2) is 0 Å². The first kappa shape index (κ1) is 17.7. The lowest BCUT2D eigenvalue weighted by Crippen LogP contribution is -2.39. The zero-order chi connectivity index (χ0) is 16.2. The van der Waals surface area contributed by atoms with Crippen LogP contribution in [0.2, 0.25) is 0 Å². The summed E-state index contributed by atoms with van der Waals surface area (Å²) in [6, 6.07) is 0. The Kier molecular flexibility index (Phi) is 6.36. The highest BCUT2D eigenvalue weighted by molar-refractivity contribution is 4.88. The van der Waals surface area contributed by atoms with Crippen LogP contribution in [0.3, 0.4) is 0 Å². The first-order valence-corrected chi connectivity index (χ1v) is 9.73. The zero-order valence-electron chi connectivity index (χ0n) is 14.5. The molecule has 4 atom stereocenters. The van der Waals surface area contributed by atoms with Crippen molar-refractivity contribution in [3.63, 3.8) is 0 Å². The van der Waals surface area contributed by atoms with Crippen molar-refractivity contribution in [1.82, 2.24) is 0 Å². The molecule has 2 saturated carbocycles. The van der Waals surface area contributed by atoms with E-state index in [1.54, 1.807) is 0 Å². The number of hydrogen-bond donors (Lipinski definition) is 2. The molecule has 3 aliphatic rings. The van der Waals surface area contributed by atoms with Gasteiger partial charge in [0.2, 0.25) is 0 Å². The predicted molar refractivity (Wildman–Crippen MR) is 88.9 cm³/mol. The second-order valence-electron chi connectivity index (χ2n) is 7.98. The number of aliphatic hydroxyl groups is 2. The maximum absolute atomic E-state index is 10.0. The Balaban J connectivity index is 1.43. The molecule has 1 saturated heterocycles. The van der Waals surface area contributed by atoms with Crippen molar-refractivity contribution in [2.45, 2.75) is 95.2 Å². The Labute approximate surface area is 140 Å². The van der Waals surface area contributed by atoms with Crippen LogP contribution in [0.4, 0.5) is 0 Å². The van der Waals surface area contributed by atoms with Crippen molar-refractivity contribution >= 4 is 0 Å². The fraction of sp³-hybridized carbons (Fsp3) is 1.00. The largest absolute Gasteiger partial charge is 0.385 e. The van der Waals surface area contributed by atoms with Gasteiger partial charge in [0.1, 0.15) is 6.10 Å². The second kappa shape index (κ2) is 8.28. The van der Waals surface area contributed by atoms with Gasteiger partial charge in [-0.3, -0.25) is 0 Å². The van der Waals surface area contributed by atoms with E-state index in [2.05, 4.69) is 0 Å². The summed E-state index contributed by atoms with van der Waals surface area (Å²) in [5, 5.41) is 19.7. The molecule has 134 valence electrons. The standard InChI is InChI=1S/C19H34O4/c1-22-19(21)18(20)17-12-11-16(23-17)15-9-7-14(8-10-15)13-5-3-2-4-6-13/h13-21H,2-12H2,1H3. The van der Waals surface area contributed by atoms with E-state index in [1.807, 2.05) is 0 Å². The van der Waals surface area contributed by atoms with Gasteiger partial charge in [0.05, 0.1) is 12.2 Å². The highest BCUT2D eigenvalue weighted by Gasteiger charge is 2.39. The molecule has 0 aromatic heterocycles. The van der Waals surface area contributed by atoms with E-state index in [4.69, 9.17) is 9.47 Å². The maximum atomic E-state index is 10.0. The summed E-state index contributed by atoms with van der Waals surface area (Å²) >= 11 is 0. The summed E-state index contributed by atoms with van der Waals surface area (Å²) in [7, 11) is 1.41. The van der Waals surface area contributed by atoms with Crippen molar-refractivity contribution in [1.29, 1.82) is 0 Å². The number of methoxy groups -OCH3 is 1. The molecule has 0 aromatic carbocycles. The van der Waals surface area contributed by atoms with Gasteiger partial charge in [0, 0.05) is 7.11 Å². The molecule has 3 rings (SSSR count). The molecule has 0 spiro atoms. The van der Waals surface area contributed by atoms with Crippen molar-refractivity contribution in [2.75, 3.05) is 7.11 Å². The van der Waals surface area contributed by atoms with Crippen molar-refractivity contribution in [2.24, 2.45) is 17.8 Å².